The number of nitrogens with one attached hydrogen (secondary N) is 1. The molecule has 0 bridgehead atoms. The highest BCUT2D eigenvalue weighted by molar-refractivity contribution is 6.64. The van der Waals surface area contributed by atoms with E-state index in [2.05, 4.69) is 96.1 Å². The molecule has 1 aliphatic carbocycles. The van der Waals surface area contributed by atoms with Gasteiger partial charge in [0, 0.05) is 33.7 Å². The molecular formula is C34H26ClN3O2. The number of benzene rings is 4. The van der Waals surface area contributed by atoms with Crippen molar-refractivity contribution in [3.63, 3.8) is 0 Å². The van der Waals surface area contributed by atoms with E-state index in [1.54, 1.807) is 0 Å². The molecule has 1 N–H and O–H groups in total. The molecule has 5 nitrogen and oxygen atoms in total. The molecule has 196 valence electrons. The van der Waals surface area contributed by atoms with Crippen molar-refractivity contribution in [3.8, 4) is 11.1 Å². The fraction of sp³-hybridized carbons (Fsp3) is 0.147. The van der Waals surface area contributed by atoms with Gasteiger partial charge in [0.05, 0.1) is 0 Å². The normalized spacial score (nSPS) is 19.2. The van der Waals surface area contributed by atoms with Crippen LogP contribution in [0.1, 0.15) is 41.2 Å². The van der Waals surface area contributed by atoms with Gasteiger partial charge in [-0.25, -0.2) is 4.99 Å². The van der Waals surface area contributed by atoms with Crippen LogP contribution in [-0.4, -0.2) is 17.2 Å². The number of aryl methyl sites for hydroxylation is 1. The minimum Gasteiger partial charge on any atom is -0.460 e. The van der Waals surface area contributed by atoms with E-state index in [-0.39, 0.29) is 12.3 Å². The molecule has 0 radical (unpaired) electrons. The van der Waals surface area contributed by atoms with Crippen LogP contribution in [-0.2, 0) is 6.42 Å². The van der Waals surface area contributed by atoms with Crippen LogP contribution in [0.3, 0.4) is 0 Å². The summed E-state index contributed by atoms with van der Waals surface area (Å²) in [4.78, 5) is 6.97. The highest BCUT2D eigenvalue weighted by Gasteiger charge is 2.32. The molecule has 40 heavy (non-hydrogen) atoms. The lowest BCUT2D eigenvalue weighted by atomic mass is 9.95. The van der Waals surface area contributed by atoms with E-state index in [0.29, 0.717) is 5.29 Å². The Morgan fingerprint density at radius 1 is 0.875 bits per heavy atom. The van der Waals surface area contributed by atoms with Crippen LogP contribution in [0, 0.1) is 0 Å². The fourth-order valence-corrected chi connectivity index (χ4v) is 6.45. The quantitative estimate of drug-likeness (QED) is 0.227. The largest absolute Gasteiger partial charge is 0.460 e. The average molecular weight is 544 g/mol. The number of amidine groups is 1. The maximum atomic E-state index is 6.61. The van der Waals surface area contributed by atoms with Crippen molar-refractivity contribution in [2.24, 2.45) is 4.99 Å². The Bertz CT molecular complexity index is 1980. The standard InChI is InChI=1S/C34H26ClN3O2/c1-38-32(36-34(35)37-33(38)26-12-6-11-24-23-8-2-4-13-27(23)40-31(24)26)21-18-16-20(17-19-21)22-10-7-15-29-30(22)25-9-3-5-14-28(25)39-29/h2-4,6-13,15-19,32-33H,5,14H2,1H3,(H,36,37). The lowest BCUT2D eigenvalue weighted by Crippen LogP contribution is -2.43. The van der Waals surface area contributed by atoms with Crippen LogP contribution >= 0.6 is 11.6 Å². The Morgan fingerprint density at radius 2 is 1.68 bits per heavy atom. The van der Waals surface area contributed by atoms with Gasteiger partial charge in [0.25, 0.3) is 0 Å². The van der Waals surface area contributed by atoms with E-state index in [4.69, 9.17) is 25.4 Å². The van der Waals surface area contributed by atoms with Crippen LogP contribution < -0.4 is 5.32 Å². The molecule has 1 aliphatic heterocycles. The number of para-hydroxylation sites is 2. The number of aliphatic imine (C=N–C) groups is 1. The van der Waals surface area contributed by atoms with E-state index >= 15 is 0 Å². The summed E-state index contributed by atoms with van der Waals surface area (Å²) in [7, 11) is 2.06. The zero-order valence-corrected chi connectivity index (χ0v) is 22.7. The number of nitrogens with zero attached hydrogens (tertiary/aromatic N) is 2. The molecule has 0 saturated heterocycles. The number of rotatable bonds is 3. The maximum Gasteiger partial charge on any atom is 0.194 e. The summed E-state index contributed by atoms with van der Waals surface area (Å²) in [5.41, 5.74) is 8.29. The van der Waals surface area contributed by atoms with Gasteiger partial charge >= 0.3 is 0 Å². The first-order chi connectivity index (χ1) is 19.7. The fourth-order valence-electron chi connectivity index (χ4n) is 6.26. The molecule has 0 amide bonds. The molecule has 0 fully saturated rings. The van der Waals surface area contributed by atoms with Crippen molar-refractivity contribution < 1.29 is 8.83 Å². The minimum atomic E-state index is -0.257. The molecule has 2 atom stereocenters. The molecule has 4 aromatic carbocycles. The molecule has 6 heteroatoms. The Hall–Kier alpha value is -4.32. The molecule has 8 rings (SSSR count). The van der Waals surface area contributed by atoms with Gasteiger partial charge in [-0.05, 0) is 53.9 Å². The van der Waals surface area contributed by atoms with E-state index in [1.807, 2.05) is 18.2 Å². The van der Waals surface area contributed by atoms with E-state index in [1.165, 1.54) is 16.5 Å². The van der Waals surface area contributed by atoms with Crippen molar-refractivity contribution in [2.75, 3.05) is 7.05 Å². The number of halogens is 1. The third kappa shape index (κ3) is 3.62. The SMILES string of the molecule is CN1C(c2ccc(-c3cccc4oc5c(c34)C=CCC5)cc2)N=C(Cl)NC1c1cccc2c1oc1ccccc12. The van der Waals surface area contributed by atoms with E-state index < -0.39 is 0 Å². The molecule has 6 aromatic rings. The third-order valence-corrected chi connectivity index (χ3v) is 8.39. The summed E-state index contributed by atoms with van der Waals surface area (Å²) in [6, 6.07) is 29.3. The van der Waals surface area contributed by atoms with Gasteiger partial charge in [-0.15, -0.1) is 0 Å². The van der Waals surface area contributed by atoms with Crippen LogP contribution in [0.15, 0.2) is 105 Å². The third-order valence-electron chi connectivity index (χ3n) is 8.19. The second-order valence-electron chi connectivity index (χ2n) is 10.5. The zero-order chi connectivity index (χ0) is 26.8. The monoisotopic (exact) mass is 543 g/mol. The molecular weight excluding hydrogens is 518 g/mol. The van der Waals surface area contributed by atoms with Crippen molar-refractivity contribution in [3.05, 3.63) is 113 Å². The van der Waals surface area contributed by atoms with Crippen molar-refractivity contribution in [1.82, 2.24) is 10.2 Å². The van der Waals surface area contributed by atoms with Gasteiger partial charge in [0.2, 0.25) is 0 Å². The number of fused-ring (bicyclic) bond motifs is 6. The first-order valence-corrected chi connectivity index (χ1v) is 14.0. The van der Waals surface area contributed by atoms with Gasteiger partial charge in [0.15, 0.2) is 5.29 Å². The minimum absolute atomic E-state index is 0.211. The first kappa shape index (κ1) is 23.6. The van der Waals surface area contributed by atoms with E-state index in [0.717, 1.165) is 62.8 Å². The molecule has 2 aromatic heterocycles. The first-order valence-electron chi connectivity index (χ1n) is 13.6. The van der Waals surface area contributed by atoms with E-state index in [9.17, 15) is 0 Å². The summed E-state index contributed by atoms with van der Waals surface area (Å²) >= 11 is 6.61. The summed E-state index contributed by atoms with van der Waals surface area (Å²) in [5, 5.41) is 7.13. The summed E-state index contributed by atoms with van der Waals surface area (Å²) in [6.07, 6.45) is 5.93. The van der Waals surface area contributed by atoms with Crippen LogP contribution in [0.4, 0.5) is 0 Å². The highest BCUT2D eigenvalue weighted by atomic mass is 35.5. The maximum absolute atomic E-state index is 6.61. The van der Waals surface area contributed by atoms with Gasteiger partial charge in [0.1, 0.15) is 34.8 Å². The van der Waals surface area contributed by atoms with Gasteiger partial charge in [-0.3, -0.25) is 4.90 Å². The lowest BCUT2D eigenvalue weighted by Gasteiger charge is -2.37. The Morgan fingerprint density at radius 3 is 2.58 bits per heavy atom. The second kappa shape index (κ2) is 9.12. The molecule has 0 spiro atoms. The Kier molecular flexibility index (Phi) is 5.37. The van der Waals surface area contributed by atoms with Gasteiger partial charge in [-0.2, -0.15) is 0 Å². The van der Waals surface area contributed by atoms with Crippen LogP contribution in [0.25, 0.3) is 50.1 Å². The second-order valence-corrected chi connectivity index (χ2v) is 10.9. The highest BCUT2D eigenvalue weighted by Crippen LogP contribution is 2.40. The lowest BCUT2D eigenvalue weighted by molar-refractivity contribution is 0.154. The van der Waals surface area contributed by atoms with Crippen molar-refractivity contribution in [2.45, 2.75) is 25.2 Å². The molecule has 3 heterocycles. The Labute approximate surface area is 236 Å². The predicted octanol–water partition coefficient (Wildman–Crippen LogP) is 8.79. The number of hydrogen-bond acceptors (Lipinski definition) is 5. The Balaban J connectivity index is 1.16. The molecule has 2 unspecified atom stereocenters. The molecule has 2 aliphatic rings. The van der Waals surface area contributed by atoms with Gasteiger partial charge in [-0.1, -0.05) is 84.9 Å². The summed E-state index contributed by atoms with van der Waals surface area (Å²) < 4.78 is 12.5. The van der Waals surface area contributed by atoms with Crippen molar-refractivity contribution >= 4 is 55.9 Å². The van der Waals surface area contributed by atoms with Gasteiger partial charge < -0.3 is 14.2 Å². The van der Waals surface area contributed by atoms with Crippen molar-refractivity contribution in [1.29, 1.82) is 0 Å². The smallest absolute Gasteiger partial charge is 0.194 e. The number of allylic oxidation sites excluding steroid dienone is 1. The van der Waals surface area contributed by atoms with Crippen LogP contribution in [0.5, 0.6) is 0 Å². The summed E-state index contributed by atoms with van der Waals surface area (Å²) in [6.45, 7) is 0. The average Bonchev–Trinajstić information content (AvgIpc) is 3.57. The number of hydrogen-bond donors (Lipinski definition) is 1. The topological polar surface area (TPSA) is 53.9 Å². The zero-order valence-electron chi connectivity index (χ0n) is 21.9. The molecule has 0 saturated carbocycles. The number of furan rings is 2. The summed E-state index contributed by atoms with van der Waals surface area (Å²) in [5.74, 6) is 1.08. The predicted molar refractivity (Wildman–Crippen MR) is 162 cm³/mol. The van der Waals surface area contributed by atoms with Crippen LogP contribution in [0.2, 0.25) is 0 Å².